The number of amides is 2. The summed E-state index contributed by atoms with van der Waals surface area (Å²) in [6.07, 6.45) is 1.46. The number of carbonyl (C=O) groups excluding carboxylic acids is 2. The molecule has 1 aromatic heterocycles. The molecular weight excluding hydrogens is 438 g/mol. The second kappa shape index (κ2) is 9.52. The number of halogens is 1. The maximum atomic E-state index is 12.9. The SMILES string of the molecule is Cc1cc(NC(=O)C(NC(=O)c2ccc(Cl)c([N+](=O)[O-])c2)C(C)C)ccc1-n1cnnn1. The van der Waals surface area contributed by atoms with E-state index < -0.39 is 22.8 Å². The van der Waals surface area contributed by atoms with E-state index in [0.717, 1.165) is 17.3 Å². The Labute approximate surface area is 187 Å². The van der Waals surface area contributed by atoms with Crippen LogP contribution in [0, 0.1) is 23.0 Å². The van der Waals surface area contributed by atoms with Crippen molar-refractivity contribution in [3.05, 3.63) is 69.0 Å². The van der Waals surface area contributed by atoms with Gasteiger partial charge in [0.1, 0.15) is 17.4 Å². The van der Waals surface area contributed by atoms with Crippen LogP contribution in [-0.4, -0.2) is 43.0 Å². The summed E-state index contributed by atoms with van der Waals surface area (Å²) in [6.45, 7) is 5.41. The number of hydrogen-bond donors (Lipinski definition) is 2. The van der Waals surface area contributed by atoms with Crippen LogP contribution >= 0.6 is 11.6 Å². The first-order chi connectivity index (χ1) is 15.2. The number of nitro benzene ring substituents is 1. The monoisotopic (exact) mass is 457 g/mol. The third-order valence-corrected chi connectivity index (χ3v) is 5.02. The molecule has 3 rings (SSSR count). The lowest BCUT2D eigenvalue weighted by molar-refractivity contribution is -0.384. The number of tetrazole rings is 1. The molecule has 166 valence electrons. The maximum absolute atomic E-state index is 12.9. The Bertz CT molecular complexity index is 1160. The minimum absolute atomic E-state index is 0.0289. The Hall–Kier alpha value is -3.86. The fraction of sp³-hybridized carbons (Fsp3) is 0.250. The summed E-state index contributed by atoms with van der Waals surface area (Å²) >= 11 is 5.80. The van der Waals surface area contributed by atoms with Crippen LogP contribution in [0.2, 0.25) is 5.02 Å². The van der Waals surface area contributed by atoms with E-state index in [4.69, 9.17) is 11.6 Å². The molecule has 1 unspecified atom stereocenters. The van der Waals surface area contributed by atoms with Gasteiger partial charge in [-0.25, -0.2) is 4.68 Å². The summed E-state index contributed by atoms with van der Waals surface area (Å²) in [4.78, 5) is 35.9. The zero-order chi connectivity index (χ0) is 23.4. The number of benzene rings is 2. The van der Waals surface area contributed by atoms with Crippen LogP contribution in [0.3, 0.4) is 0 Å². The van der Waals surface area contributed by atoms with Crippen molar-refractivity contribution in [2.75, 3.05) is 5.32 Å². The van der Waals surface area contributed by atoms with Crippen LogP contribution in [0.5, 0.6) is 0 Å². The molecule has 2 aromatic carbocycles. The molecule has 0 saturated carbocycles. The number of hydrogen-bond acceptors (Lipinski definition) is 7. The van der Waals surface area contributed by atoms with Crippen molar-refractivity contribution in [1.29, 1.82) is 0 Å². The quantitative estimate of drug-likeness (QED) is 0.409. The second-order valence-corrected chi connectivity index (χ2v) is 7.77. The zero-order valence-corrected chi connectivity index (χ0v) is 18.2. The van der Waals surface area contributed by atoms with Crippen LogP contribution in [0.4, 0.5) is 11.4 Å². The molecule has 0 spiro atoms. The molecule has 2 N–H and O–H groups in total. The van der Waals surface area contributed by atoms with Gasteiger partial charge in [0.15, 0.2) is 0 Å². The average molecular weight is 458 g/mol. The van der Waals surface area contributed by atoms with Gasteiger partial charge < -0.3 is 10.6 Å². The molecule has 11 nitrogen and oxygen atoms in total. The topological polar surface area (TPSA) is 145 Å². The van der Waals surface area contributed by atoms with E-state index in [1.807, 2.05) is 6.92 Å². The van der Waals surface area contributed by atoms with Gasteiger partial charge in [-0.3, -0.25) is 19.7 Å². The Balaban J connectivity index is 1.75. The minimum Gasteiger partial charge on any atom is -0.340 e. The van der Waals surface area contributed by atoms with Gasteiger partial charge in [-0.05, 0) is 59.2 Å². The molecule has 0 aliphatic heterocycles. The number of nitro groups is 1. The molecule has 0 bridgehead atoms. The lowest BCUT2D eigenvalue weighted by Crippen LogP contribution is -2.47. The van der Waals surface area contributed by atoms with Gasteiger partial charge in [-0.2, -0.15) is 0 Å². The number of nitrogens with zero attached hydrogens (tertiary/aromatic N) is 5. The third-order valence-electron chi connectivity index (χ3n) is 4.70. The summed E-state index contributed by atoms with van der Waals surface area (Å²) in [7, 11) is 0. The predicted octanol–water partition coefficient (Wildman–Crippen LogP) is 2.93. The Morgan fingerprint density at radius 3 is 2.53 bits per heavy atom. The fourth-order valence-electron chi connectivity index (χ4n) is 3.04. The summed E-state index contributed by atoms with van der Waals surface area (Å²) in [5.74, 6) is -1.29. The van der Waals surface area contributed by atoms with Crippen LogP contribution in [0.15, 0.2) is 42.7 Å². The number of aryl methyl sites for hydroxylation is 1. The summed E-state index contributed by atoms with van der Waals surface area (Å²) in [5, 5.41) is 27.5. The standard InChI is InChI=1S/C20H20ClN7O4/c1-11(2)18(24-19(29)13-4-6-15(21)17(9-13)28(31)32)20(30)23-14-5-7-16(12(3)8-14)27-10-22-25-26-27/h4-11,18H,1-3H3,(H,23,30)(H,24,29). The lowest BCUT2D eigenvalue weighted by Gasteiger charge is -2.22. The maximum Gasteiger partial charge on any atom is 0.288 e. The molecule has 0 fully saturated rings. The van der Waals surface area contributed by atoms with E-state index in [0.29, 0.717) is 5.69 Å². The average Bonchev–Trinajstić information content (AvgIpc) is 3.26. The number of rotatable bonds is 7. The first kappa shape index (κ1) is 22.8. The van der Waals surface area contributed by atoms with Crippen molar-refractivity contribution in [2.24, 2.45) is 5.92 Å². The minimum atomic E-state index is -0.878. The summed E-state index contributed by atoms with van der Waals surface area (Å²) in [5.41, 5.74) is 1.76. The molecule has 1 atom stereocenters. The Morgan fingerprint density at radius 1 is 1.19 bits per heavy atom. The van der Waals surface area contributed by atoms with E-state index in [-0.39, 0.29) is 22.2 Å². The van der Waals surface area contributed by atoms with Crippen LogP contribution in [0.1, 0.15) is 29.8 Å². The van der Waals surface area contributed by atoms with Crippen molar-refractivity contribution in [3.63, 3.8) is 0 Å². The highest BCUT2D eigenvalue weighted by molar-refractivity contribution is 6.32. The molecule has 0 saturated heterocycles. The van der Waals surface area contributed by atoms with Gasteiger partial charge in [0.25, 0.3) is 11.6 Å². The Morgan fingerprint density at radius 2 is 1.94 bits per heavy atom. The molecular formula is C20H20ClN7O4. The van der Waals surface area contributed by atoms with Gasteiger partial charge >= 0.3 is 0 Å². The molecule has 1 heterocycles. The highest BCUT2D eigenvalue weighted by atomic mass is 35.5. The highest BCUT2D eigenvalue weighted by Gasteiger charge is 2.26. The van der Waals surface area contributed by atoms with Gasteiger partial charge in [-0.15, -0.1) is 5.10 Å². The number of carbonyl (C=O) groups is 2. The molecule has 0 aliphatic rings. The molecule has 32 heavy (non-hydrogen) atoms. The first-order valence-corrected chi connectivity index (χ1v) is 9.95. The largest absolute Gasteiger partial charge is 0.340 e. The van der Waals surface area contributed by atoms with Crippen LogP contribution in [0.25, 0.3) is 5.69 Å². The molecule has 3 aromatic rings. The predicted molar refractivity (Wildman–Crippen MR) is 117 cm³/mol. The molecule has 2 amide bonds. The van der Waals surface area contributed by atoms with Crippen molar-refractivity contribution >= 4 is 34.8 Å². The van der Waals surface area contributed by atoms with E-state index in [9.17, 15) is 19.7 Å². The highest BCUT2D eigenvalue weighted by Crippen LogP contribution is 2.25. The number of aromatic nitrogens is 4. The van der Waals surface area contributed by atoms with Gasteiger partial charge in [0.05, 0.1) is 10.6 Å². The number of anilines is 1. The van der Waals surface area contributed by atoms with E-state index in [2.05, 4.69) is 26.2 Å². The first-order valence-electron chi connectivity index (χ1n) is 9.57. The number of nitrogens with one attached hydrogen (secondary N) is 2. The van der Waals surface area contributed by atoms with Crippen molar-refractivity contribution < 1.29 is 14.5 Å². The van der Waals surface area contributed by atoms with Gasteiger partial charge in [-0.1, -0.05) is 25.4 Å². The van der Waals surface area contributed by atoms with Crippen LogP contribution < -0.4 is 10.6 Å². The second-order valence-electron chi connectivity index (χ2n) is 7.36. The Kier molecular flexibility index (Phi) is 6.79. The smallest absolute Gasteiger partial charge is 0.288 e. The molecule has 12 heteroatoms. The van der Waals surface area contributed by atoms with Crippen molar-refractivity contribution in [2.45, 2.75) is 26.8 Å². The molecule has 0 aliphatic carbocycles. The van der Waals surface area contributed by atoms with Crippen molar-refractivity contribution in [3.8, 4) is 5.69 Å². The van der Waals surface area contributed by atoms with E-state index >= 15 is 0 Å². The van der Waals surface area contributed by atoms with Gasteiger partial charge in [0, 0.05) is 17.3 Å². The normalized spacial score (nSPS) is 11.8. The van der Waals surface area contributed by atoms with Gasteiger partial charge in [0.2, 0.25) is 5.91 Å². The zero-order valence-electron chi connectivity index (χ0n) is 17.4. The fourth-order valence-corrected chi connectivity index (χ4v) is 3.22. The summed E-state index contributed by atoms with van der Waals surface area (Å²) in [6, 6.07) is 8.05. The lowest BCUT2D eigenvalue weighted by atomic mass is 10.0. The third kappa shape index (κ3) is 5.06. The van der Waals surface area contributed by atoms with Crippen LogP contribution in [-0.2, 0) is 4.79 Å². The van der Waals surface area contributed by atoms with Crippen molar-refractivity contribution in [1.82, 2.24) is 25.5 Å². The van der Waals surface area contributed by atoms with E-state index in [1.165, 1.54) is 23.1 Å². The molecule has 0 radical (unpaired) electrons. The van der Waals surface area contributed by atoms with E-state index in [1.54, 1.807) is 32.0 Å². The summed E-state index contributed by atoms with van der Waals surface area (Å²) < 4.78 is 1.50.